The highest BCUT2D eigenvalue weighted by molar-refractivity contribution is 5.69. The smallest absolute Gasteiger partial charge is 0.314 e. The van der Waals surface area contributed by atoms with E-state index in [1.54, 1.807) is 0 Å². The number of benzene rings is 2. The Hall–Kier alpha value is -2.33. The Kier molecular flexibility index (Phi) is 13.5. The zero-order chi connectivity index (χ0) is 25.4. The molecule has 2 rings (SSSR count). The zero-order valence-corrected chi connectivity index (χ0v) is 22.6. The van der Waals surface area contributed by atoms with Crippen LogP contribution in [0.1, 0.15) is 89.2 Å². The van der Waals surface area contributed by atoms with Crippen LogP contribution in [0.4, 0.5) is 0 Å². The largest absolute Gasteiger partial charge is 0.455 e. The molecule has 0 saturated heterocycles. The molecule has 0 aliphatic heterocycles. The van der Waals surface area contributed by atoms with Crippen molar-refractivity contribution < 1.29 is 18.8 Å². The fourth-order valence-electron chi connectivity index (χ4n) is 4.37. The van der Waals surface area contributed by atoms with Gasteiger partial charge in [-0.3, -0.25) is 4.79 Å². The number of nitrogens with zero attached hydrogens (tertiary/aromatic N) is 1. The van der Waals surface area contributed by atoms with E-state index in [1.165, 1.54) is 56.1 Å². The molecule has 0 aliphatic rings. The minimum atomic E-state index is -0.535. The Morgan fingerprint density at radius 2 is 1.49 bits per heavy atom. The number of hydrogen-bond acceptors (Lipinski definition) is 3. The lowest BCUT2D eigenvalue weighted by Crippen LogP contribution is -2.41. The number of hydrogen-bond donors (Lipinski definition) is 0. The Morgan fingerprint density at radius 1 is 0.829 bits per heavy atom. The number of para-hydroxylation sites is 1. The van der Waals surface area contributed by atoms with Gasteiger partial charge in [0.25, 0.3) is 0 Å². The highest BCUT2D eigenvalue weighted by Gasteiger charge is 2.22. The molecule has 35 heavy (non-hydrogen) atoms. The van der Waals surface area contributed by atoms with E-state index in [0.717, 1.165) is 36.2 Å². The molecule has 0 fully saturated rings. The van der Waals surface area contributed by atoms with Gasteiger partial charge >= 0.3 is 5.97 Å². The van der Waals surface area contributed by atoms with Crippen molar-refractivity contribution in [2.45, 2.75) is 97.3 Å². The van der Waals surface area contributed by atoms with Gasteiger partial charge in [-0.25, -0.2) is 0 Å². The van der Waals surface area contributed by atoms with E-state index in [4.69, 9.17) is 9.47 Å². The summed E-state index contributed by atoms with van der Waals surface area (Å²) in [5, 5.41) is 0. The van der Waals surface area contributed by atoms with Crippen molar-refractivity contribution in [1.82, 2.24) is 0 Å². The Morgan fingerprint density at radius 3 is 2.20 bits per heavy atom. The van der Waals surface area contributed by atoms with Crippen molar-refractivity contribution in [3.63, 3.8) is 0 Å². The number of carbonyl (C=O) groups excluding carboxylic acids is 1. The molecule has 0 radical (unpaired) electrons. The molecule has 0 aliphatic carbocycles. The van der Waals surface area contributed by atoms with Gasteiger partial charge in [0.15, 0.2) is 0 Å². The molecule has 2 aromatic rings. The zero-order valence-electron chi connectivity index (χ0n) is 22.6. The molecule has 2 aromatic carbocycles. The van der Waals surface area contributed by atoms with E-state index in [9.17, 15) is 4.79 Å². The summed E-state index contributed by atoms with van der Waals surface area (Å²) >= 11 is 0. The lowest BCUT2D eigenvalue weighted by atomic mass is 10.0. The van der Waals surface area contributed by atoms with Gasteiger partial charge in [-0.2, -0.15) is 0 Å². The number of unbranched alkanes of at least 4 members (excludes halogenated alkanes) is 6. The van der Waals surface area contributed by atoms with Crippen molar-refractivity contribution >= 4 is 5.97 Å². The summed E-state index contributed by atoms with van der Waals surface area (Å²) < 4.78 is 12.8. The topological polar surface area (TPSA) is 35.5 Å². The van der Waals surface area contributed by atoms with E-state index >= 15 is 0 Å². The first-order valence-corrected chi connectivity index (χ1v) is 13.7. The third kappa shape index (κ3) is 12.3. The number of ether oxygens (including phenoxy) is 2. The van der Waals surface area contributed by atoms with Crippen molar-refractivity contribution in [3.05, 3.63) is 65.7 Å². The van der Waals surface area contributed by atoms with E-state index in [0.29, 0.717) is 12.8 Å². The molecule has 1 unspecified atom stereocenters. The SMILES string of the molecule is CCCCCCCCCc1ccccc1OC(CCC)OC(=O)CC[N+](C)(C)Cc1ccccc1. The standard InChI is InChI=1S/C31H48NO3/c1-5-7-8-9-10-11-15-21-28-22-16-17-23-29(28)34-31(18-6-2)35-30(33)24-25-32(3,4)26-27-19-13-12-14-20-27/h12-14,16-17,19-20,22-23,31H,5-11,15,18,21,24-26H2,1-4H3/q+1. The van der Waals surface area contributed by atoms with Crippen LogP contribution in [0.5, 0.6) is 5.75 Å². The maximum Gasteiger partial charge on any atom is 0.314 e. The van der Waals surface area contributed by atoms with E-state index in [-0.39, 0.29) is 5.97 Å². The highest BCUT2D eigenvalue weighted by atomic mass is 16.7. The van der Waals surface area contributed by atoms with Gasteiger partial charge in [0, 0.05) is 12.0 Å². The summed E-state index contributed by atoms with van der Waals surface area (Å²) in [6.45, 7) is 5.96. The van der Waals surface area contributed by atoms with Crippen LogP contribution in [-0.2, 0) is 22.5 Å². The average Bonchev–Trinajstić information content (AvgIpc) is 2.84. The molecular formula is C31H48NO3+. The van der Waals surface area contributed by atoms with Crippen molar-refractivity contribution in [2.75, 3.05) is 20.6 Å². The van der Waals surface area contributed by atoms with Crippen LogP contribution in [0.15, 0.2) is 54.6 Å². The second-order valence-electron chi connectivity index (χ2n) is 10.4. The van der Waals surface area contributed by atoms with E-state index < -0.39 is 6.29 Å². The maximum absolute atomic E-state index is 12.7. The van der Waals surface area contributed by atoms with Crippen molar-refractivity contribution in [2.24, 2.45) is 0 Å². The quantitative estimate of drug-likeness (QED) is 0.0945. The van der Waals surface area contributed by atoms with Crippen molar-refractivity contribution in [1.29, 1.82) is 0 Å². The predicted molar refractivity (Wildman–Crippen MR) is 145 cm³/mol. The van der Waals surface area contributed by atoms with Crippen LogP contribution in [0.25, 0.3) is 0 Å². The van der Waals surface area contributed by atoms with Gasteiger partial charge in [0.1, 0.15) is 12.3 Å². The molecule has 0 spiro atoms. The van der Waals surface area contributed by atoms with Gasteiger partial charge in [0.05, 0.1) is 27.1 Å². The first kappa shape index (κ1) is 28.9. The molecule has 0 amide bonds. The first-order valence-electron chi connectivity index (χ1n) is 13.7. The van der Waals surface area contributed by atoms with Crippen LogP contribution < -0.4 is 4.74 Å². The van der Waals surface area contributed by atoms with Crippen LogP contribution in [0.2, 0.25) is 0 Å². The fourth-order valence-corrected chi connectivity index (χ4v) is 4.37. The molecule has 0 aromatic heterocycles. The van der Waals surface area contributed by atoms with Gasteiger partial charge in [-0.1, -0.05) is 101 Å². The molecule has 0 heterocycles. The molecular weight excluding hydrogens is 434 g/mol. The maximum atomic E-state index is 12.7. The summed E-state index contributed by atoms with van der Waals surface area (Å²) in [6.07, 6.45) is 11.5. The van der Waals surface area contributed by atoms with Gasteiger partial charge in [-0.05, 0) is 30.9 Å². The molecule has 1 atom stereocenters. The molecule has 194 valence electrons. The Bertz CT molecular complexity index is 834. The van der Waals surface area contributed by atoms with Crippen LogP contribution in [0.3, 0.4) is 0 Å². The third-order valence-electron chi connectivity index (χ3n) is 6.44. The Labute approximate surface area is 214 Å². The van der Waals surface area contributed by atoms with Gasteiger partial charge in [-0.15, -0.1) is 0 Å². The summed E-state index contributed by atoms with van der Waals surface area (Å²) in [5.41, 5.74) is 2.48. The number of carbonyl (C=O) groups is 1. The van der Waals surface area contributed by atoms with Crippen LogP contribution in [-0.4, -0.2) is 37.4 Å². The lowest BCUT2D eigenvalue weighted by molar-refractivity contribution is -0.903. The van der Waals surface area contributed by atoms with Gasteiger partial charge < -0.3 is 14.0 Å². The molecule has 0 N–H and O–H groups in total. The summed E-state index contributed by atoms with van der Waals surface area (Å²) in [7, 11) is 4.31. The number of esters is 1. The first-order chi connectivity index (χ1) is 16.9. The van der Waals surface area contributed by atoms with E-state index in [1.807, 2.05) is 18.2 Å². The van der Waals surface area contributed by atoms with Crippen LogP contribution in [0, 0.1) is 0 Å². The minimum absolute atomic E-state index is 0.188. The lowest BCUT2D eigenvalue weighted by Gasteiger charge is -2.30. The van der Waals surface area contributed by atoms with Crippen molar-refractivity contribution in [3.8, 4) is 5.75 Å². The summed E-state index contributed by atoms with van der Waals surface area (Å²) in [6, 6.07) is 18.6. The summed E-state index contributed by atoms with van der Waals surface area (Å²) in [5.74, 6) is 0.664. The molecule has 4 nitrogen and oxygen atoms in total. The fraction of sp³-hybridized carbons (Fsp3) is 0.581. The second kappa shape index (κ2) is 16.4. The predicted octanol–water partition coefficient (Wildman–Crippen LogP) is 7.69. The number of rotatable bonds is 18. The summed E-state index contributed by atoms with van der Waals surface area (Å²) in [4.78, 5) is 12.7. The number of aryl methyl sites for hydroxylation is 1. The van der Waals surface area contributed by atoms with Gasteiger partial charge in [0.2, 0.25) is 6.29 Å². The second-order valence-corrected chi connectivity index (χ2v) is 10.4. The molecule has 4 heteroatoms. The normalized spacial score (nSPS) is 12.3. The molecule has 0 saturated carbocycles. The average molecular weight is 483 g/mol. The Balaban J connectivity index is 1.83. The highest BCUT2D eigenvalue weighted by Crippen LogP contribution is 2.24. The third-order valence-corrected chi connectivity index (χ3v) is 6.44. The minimum Gasteiger partial charge on any atom is -0.455 e. The monoisotopic (exact) mass is 482 g/mol. The molecule has 0 bridgehead atoms. The van der Waals surface area contributed by atoms with Crippen LogP contribution >= 0.6 is 0 Å². The van der Waals surface area contributed by atoms with E-state index in [2.05, 4.69) is 64.3 Å². The number of quaternary nitrogens is 1.